The molecule has 1 unspecified atom stereocenters. The topological polar surface area (TPSA) is 96.9 Å². The predicted octanol–water partition coefficient (Wildman–Crippen LogP) is 2.98. The Morgan fingerprint density at radius 3 is 2.46 bits per heavy atom. The van der Waals surface area contributed by atoms with Gasteiger partial charge in [0.15, 0.2) is 0 Å². The zero-order valence-electron chi connectivity index (χ0n) is 16.1. The van der Waals surface area contributed by atoms with E-state index < -0.39 is 5.97 Å². The SMILES string of the molecule is COc1ccc(CNC(=O)NC(CCC(=O)O)Cc2ccccc2)c(OC)c1. The predicted molar refractivity (Wildman–Crippen MR) is 106 cm³/mol. The molecule has 7 nitrogen and oxygen atoms in total. The standard InChI is InChI=1S/C21H26N2O5/c1-27-18-10-8-16(19(13-18)28-2)14-22-21(26)23-17(9-11-20(24)25)12-15-6-4-3-5-7-15/h3-8,10,13,17H,9,11-12,14H2,1-2H3,(H,24,25)(H2,22,23,26). The van der Waals surface area contributed by atoms with Crippen LogP contribution >= 0.6 is 0 Å². The van der Waals surface area contributed by atoms with Crippen molar-refractivity contribution >= 4 is 12.0 Å². The minimum Gasteiger partial charge on any atom is -0.497 e. The Kier molecular flexibility index (Phi) is 8.14. The van der Waals surface area contributed by atoms with Crippen molar-refractivity contribution in [3.05, 3.63) is 59.7 Å². The third-order valence-electron chi connectivity index (χ3n) is 4.30. The molecule has 2 amide bonds. The second-order valence-corrected chi connectivity index (χ2v) is 6.32. The Bertz CT molecular complexity index is 780. The number of benzene rings is 2. The lowest BCUT2D eigenvalue weighted by Gasteiger charge is -2.19. The van der Waals surface area contributed by atoms with Gasteiger partial charge in [0.2, 0.25) is 0 Å². The lowest BCUT2D eigenvalue weighted by Crippen LogP contribution is -2.43. The normalized spacial score (nSPS) is 11.4. The summed E-state index contributed by atoms with van der Waals surface area (Å²) in [6, 6.07) is 14.4. The van der Waals surface area contributed by atoms with Crippen LogP contribution in [0.15, 0.2) is 48.5 Å². The number of methoxy groups -OCH3 is 2. The molecule has 3 N–H and O–H groups in total. The van der Waals surface area contributed by atoms with Crippen LogP contribution in [0.1, 0.15) is 24.0 Å². The summed E-state index contributed by atoms with van der Waals surface area (Å²) in [4.78, 5) is 23.3. The molecule has 150 valence electrons. The Hall–Kier alpha value is -3.22. The van der Waals surface area contributed by atoms with Crippen LogP contribution in [-0.2, 0) is 17.8 Å². The molecule has 2 rings (SSSR count). The molecular weight excluding hydrogens is 360 g/mol. The Morgan fingerprint density at radius 2 is 1.82 bits per heavy atom. The molecule has 0 aromatic heterocycles. The summed E-state index contributed by atoms with van der Waals surface area (Å²) in [6.45, 7) is 0.274. The quantitative estimate of drug-likeness (QED) is 0.583. The van der Waals surface area contributed by atoms with Gasteiger partial charge in [-0.2, -0.15) is 0 Å². The van der Waals surface area contributed by atoms with E-state index >= 15 is 0 Å². The number of hydrogen-bond donors (Lipinski definition) is 3. The highest BCUT2D eigenvalue weighted by atomic mass is 16.5. The average molecular weight is 386 g/mol. The summed E-state index contributed by atoms with van der Waals surface area (Å²) in [5, 5.41) is 14.6. The highest BCUT2D eigenvalue weighted by Crippen LogP contribution is 2.24. The first-order chi connectivity index (χ1) is 13.5. The van der Waals surface area contributed by atoms with Gasteiger partial charge in [-0.3, -0.25) is 4.79 Å². The van der Waals surface area contributed by atoms with Crippen LogP contribution in [0.2, 0.25) is 0 Å². The van der Waals surface area contributed by atoms with Gasteiger partial charge in [-0.05, 0) is 30.5 Å². The zero-order chi connectivity index (χ0) is 20.4. The average Bonchev–Trinajstić information content (AvgIpc) is 2.71. The molecule has 0 saturated carbocycles. The maximum absolute atomic E-state index is 12.3. The number of ether oxygens (including phenoxy) is 2. The van der Waals surface area contributed by atoms with Crippen LogP contribution in [0.3, 0.4) is 0 Å². The van der Waals surface area contributed by atoms with Crippen LogP contribution in [0, 0.1) is 0 Å². The first kappa shape index (κ1) is 21.1. The van der Waals surface area contributed by atoms with E-state index in [4.69, 9.17) is 14.6 Å². The van der Waals surface area contributed by atoms with Crippen LogP contribution in [0.4, 0.5) is 4.79 Å². The minimum absolute atomic E-state index is 0.00984. The maximum Gasteiger partial charge on any atom is 0.315 e. The second kappa shape index (κ2) is 10.8. The first-order valence-electron chi connectivity index (χ1n) is 9.02. The summed E-state index contributed by atoms with van der Waals surface area (Å²) in [5.74, 6) is 0.399. The van der Waals surface area contributed by atoms with Gasteiger partial charge in [0, 0.05) is 30.6 Å². The number of carbonyl (C=O) groups excluding carboxylic acids is 1. The minimum atomic E-state index is -0.886. The van der Waals surface area contributed by atoms with Gasteiger partial charge in [0.1, 0.15) is 11.5 Å². The van der Waals surface area contributed by atoms with Crippen molar-refractivity contribution in [2.45, 2.75) is 31.8 Å². The van der Waals surface area contributed by atoms with Crippen molar-refractivity contribution in [2.75, 3.05) is 14.2 Å². The fraction of sp³-hybridized carbons (Fsp3) is 0.333. The van der Waals surface area contributed by atoms with E-state index in [1.54, 1.807) is 26.4 Å². The highest BCUT2D eigenvalue weighted by molar-refractivity contribution is 5.74. The van der Waals surface area contributed by atoms with E-state index in [1.807, 2.05) is 36.4 Å². The summed E-state index contributed by atoms with van der Waals surface area (Å²) in [5.41, 5.74) is 1.85. The van der Waals surface area contributed by atoms with E-state index in [1.165, 1.54) is 0 Å². The lowest BCUT2D eigenvalue weighted by atomic mass is 10.0. The number of urea groups is 1. The Morgan fingerprint density at radius 1 is 1.07 bits per heavy atom. The second-order valence-electron chi connectivity index (χ2n) is 6.32. The Labute approximate surface area is 164 Å². The number of aliphatic carboxylic acids is 1. The molecule has 0 saturated heterocycles. The van der Waals surface area contributed by atoms with Gasteiger partial charge in [0.25, 0.3) is 0 Å². The molecule has 0 spiro atoms. The summed E-state index contributed by atoms with van der Waals surface area (Å²) < 4.78 is 10.5. The molecule has 2 aromatic rings. The van der Waals surface area contributed by atoms with Gasteiger partial charge in [-0.25, -0.2) is 4.79 Å². The Balaban J connectivity index is 1.95. The van der Waals surface area contributed by atoms with Crippen molar-refractivity contribution in [1.82, 2.24) is 10.6 Å². The molecule has 0 aliphatic carbocycles. The van der Waals surface area contributed by atoms with Crippen LogP contribution < -0.4 is 20.1 Å². The molecule has 0 bridgehead atoms. The molecule has 0 aliphatic rings. The number of carboxylic acids is 1. The molecule has 0 fully saturated rings. The van der Waals surface area contributed by atoms with Crippen LogP contribution in [0.25, 0.3) is 0 Å². The summed E-state index contributed by atoms with van der Waals surface area (Å²) >= 11 is 0. The van der Waals surface area contributed by atoms with Crippen molar-refractivity contribution < 1.29 is 24.2 Å². The number of carbonyl (C=O) groups is 2. The number of rotatable bonds is 10. The van der Waals surface area contributed by atoms with E-state index in [-0.39, 0.29) is 25.0 Å². The number of carboxylic acid groups (broad SMARTS) is 1. The van der Waals surface area contributed by atoms with Crippen LogP contribution in [-0.4, -0.2) is 37.4 Å². The third kappa shape index (κ3) is 6.83. The number of nitrogens with one attached hydrogen (secondary N) is 2. The molecule has 28 heavy (non-hydrogen) atoms. The third-order valence-corrected chi connectivity index (χ3v) is 4.30. The molecule has 0 heterocycles. The molecule has 0 radical (unpaired) electrons. The van der Waals surface area contributed by atoms with Crippen LogP contribution in [0.5, 0.6) is 11.5 Å². The van der Waals surface area contributed by atoms with Crippen molar-refractivity contribution in [3.8, 4) is 11.5 Å². The smallest absolute Gasteiger partial charge is 0.315 e. The summed E-state index contributed by atoms with van der Waals surface area (Å²) in [7, 11) is 3.13. The molecular formula is C21H26N2O5. The van der Waals surface area contributed by atoms with Gasteiger partial charge < -0.3 is 25.2 Å². The fourth-order valence-electron chi connectivity index (χ4n) is 2.83. The largest absolute Gasteiger partial charge is 0.497 e. The van der Waals surface area contributed by atoms with Crippen molar-refractivity contribution in [2.24, 2.45) is 0 Å². The van der Waals surface area contributed by atoms with E-state index in [0.29, 0.717) is 24.3 Å². The lowest BCUT2D eigenvalue weighted by molar-refractivity contribution is -0.137. The first-order valence-corrected chi connectivity index (χ1v) is 9.02. The van der Waals surface area contributed by atoms with Gasteiger partial charge >= 0.3 is 12.0 Å². The van der Waals surface area contributed by atoms with E-state index in [9.17, 15) is 9.59 Å². The van der Waals surface area contributed by atoms with Gasteiger partial charge in [-0.1, -0.05) is 30.3 Å². The monoisotopic (exact) mass is 386 g/mol. The van der Waals surface area contributed by atoms with Crippen molar-refractivity contribution in [1.29, 1.82) is 0 Å². The number of amides is 2. The summed E-state index contributed by atoms with van der Waals surface area (Å²) in [6.07, 6.45) is 0.904. The van der Waals surface area contributed by atoms with E-state index in [0.717, 1.165) is 11.1 Å². The molecule has 2 aromatic carbocycles. The van der Waals surface area contributed by atoms with E-state index in [2.05, 4.69) is 10.6 Å². The highest BCUT2D eigenvalue weighted by Gasteiger charge is 2.15. The number of hydrogen-bond acceptors (Lipinski definition) is 4. The van der Waals surface area contributed by atoms with Gasteiger partial charge in [-0.15, -0.1) is 0 Å². The molecule has 7 heteroatoms. The fourth-order valence-corrected chi connectivity index (χ4v) is 2.83. The molecule has 0 aliphatic heterocycles. The maximum atomic E-state index is 12.3. The zero-order valence-corrected chi connectivity index (χ0v) is 16.1. The van der Waals surface area contributed by atoms with Gasteiger partial charge in [0.05, 0.1) is 14.2 Å². The molecule has 1 atom stereocenters. The van der Waals surface area contributed by atoms with Crippen molar-refractivity contribution in [3.63, 3.8) is 0 Å².